The molecule has 1 heterocycles. The minimum atomic E-state index is -2.44. The second-order valence-electron chi connectivity index (χ2n) is 19.5. The summed E-state index contributed by atoms with van der Waals surface area (Å²) in [5.41, 5.74) is 4.58. The molecule has 2 aromatic rings. The fraction of sp³-hybridized carbons (Fsp3) is 0.740. The first-order chi connectivity index (χ1) is 28.0. The van der Waals surface area contributed by atoms with Gasteiger partial charge in [-0.2, -0.15) is 0 Å². The van der Waals surface area contributed by atoms with Crippen LogP contribution in [0.4, 0.5) is 0 Å². The monoisotopic (exact) mass is 854 g/mol. The molecule has 0 radical (unpaired) electrons. The van der Waals surface area contributed by atoms with Gasteiger partial charge in [-0.3, -0.25) is 4.79 Å². The van der Waals surface area contributed by atoms with E-state index in [0.29, 0.717) is 53.0 Å². The summed E-state index contributed by atoms with van der Waals surface area (Å²) in [5, 5.41) is 10.5. The van der Waals surface area contributed by atoms with Gasteiger partial charge in [0.15, 0.2) is 6.10 Å². The van der Waals surface area contributed by atoms with Crippen molar-refractivity contribution in [2.75, 3.05) is 13.7 Å². The van der Waals surface area contributed by atoms with E-state index in [2.05, 4.69) is 112 Å². The van der Waals surface area contributed by atoms with Crippen LogP contribution < -0.4 is 4.74 Å². The Morgan fingerprint density at radius 1 is 0.610 bits per heavy atom. The molecule has 0 aromatic heterocycles. The fourth-order valence-electron chi connectivity index (χ4n) is 10.8. The minimum absolute atomic E-state index is 0.0545. The number of methoxy groups -OCH3 is 1. The minimum Gasteiger partial charge on any atom is -0.497 e. The molecule has 4 atom stereocenters. The van der Waals surface area contributed by atoms with E-state index >= 15 is 4.79 Å². The third kappa shape index (κ3) is 14.0. The van der Waals surface area contributed by atoms with Crippen molar-refractivity contribution in [3.05, 3.63) is 65.7 Å². The Bertz CT molecular complexity index is 1410. The molecule has 1 unspecified atom stereocenters. The molecule has 59 heavy (non-hydrogen) atoms. The quantitative estimate of drug-likeness (QED) is 0.0649. The lowest BCUT2D eigenvalue weighted by Gasteiger charge is -2.48. The number of unbranched alkanes of at least 4 members (excludes halogenated alkanes) is 6. The van der Waals surface area contributed by atoms with E-state index in [1.54, 1.807) is 7.11 Å². The van der Waals surface area contributed by atoms with Crippen LogP contribution in [-0.2, 0) is 31.5 Å². The predicted octanol–water partition coefficient (Wildman–Crippen LogP) is 13.4. The number of carbonyl (C=O) groups excluding carboxylic acids is 1. The topological polar surface area (TPSA) is 77.5 Å². The van der Waals surface area contributed by atoms with Crippen molar-refractivity contribution in [1.29, 1.82) is 0 Å². The molecule has 1 N–H and O–H groups in total. The van der Waals surface area contributed by atoms with E-state index in [9.17, 15) is 5.11 Å². The van der Waals surface area contributed by atoms with E-state index in [1.807, 2.05) is 30.3 Å². The smallest absolute Gasteiger partial charge is 0.253 e. The maximum atomic E-state index is 15.1. The van der Waals surface area contributed by atoms with E-state index in [4.69, 9.17) is 18.3 Å². The maximum Gasteiger partial charge on any atom is 0.253 e. The van der Waals surface area contributed by atoms with Crippen molar-refractivity contribution in [3.8, 4) is 5.75 Å². The number of benzene rings is 2. The number of nitrogens with zero attached hydrogens (tertiary/aromatic N) is 1. The van der Waals surface area contributed by atoms with Crippen molar-refractivity contribution < 1.29 is 28.2 Å². The number of aliphatic hydroxyl groups is 1. The Morgan fingerprint density at radius 2 is 1.10 bits per heavy atom. The molecule has 0 aliphatic carbocycles. The average Bonchev–Trinajstić information content (AvgIpc) is 3.42. The SMILES string of the molecule is COc1ccc(CN2C(=O)[C@@H](O[Si](C(C)C)(C(C)C)C(C)C)[C@H](O[Si](C(C)C)(C(C)C)C(C)C)[C@H]2CCCCCCCCCC(O)CCCOCc2ccccc2)cc1. The summed E-state index contributed by atoms with van der Waals surface area (Å²) in [4.78, 5) is 17.3. The largest absolute Gasteiger partial charge is 0.497 e. The number of carbonyl (C=O) groups is 1. The van der Waals surface area contributed by atoms with Crippen molar-refractivity contribution in [2.45, 2.75) is 224 Å². The first kappa shape index (κ1) is 51.3. The highest BCUT2D eigenvalue weighted by molar-refractivity contribution is 6.78. The van der Waals surface area contributed by atoms with Crippen LogP contribution in [0.25, 0.3) is 0 Å². The summed E-state index contributed by atoms with van der Waals surface area (Å²) in [7, 11) is -3.13. The number of amides is 1. The standard InChI is InChI=1S/C50H87NO6Si2/c1-37(2)58(38(3)4,39(5)6)56-48-47(29-23-18-16-14-15-17-22-27-45(52)28-24-34-55-36-44-25-20-19-21-26-44)51(35-43-30-32-46(54-13)33-31-43)50(53)49(48)57-59(40(7)8,41(9)10)42(11)12/h19-21,25-26,30-33,37-42,45,47-49,52H,14-18,22-24,27-29,34-36H2,1-13H3/t45?,47-,48-,49+/m1/s1. The lowest BCUT2D eigenvalue weighted by molar-refractivity contribution is -0.136. The van der Waals surface area contributed by atoms with Gasteiger partial charge in [0.2, 0.25) is 16.6 Å². The van der Waals surface area contributed by atoms with Gasteiger partial charge in [-0.25, -0.2) is 0 Å². The molecule has 0 spiro atoms. The summed E-state index contributed by atoms with van der Waals surface area (Å²) >= 11 is 0. The molecule has 1 fully saturated rings. The molecule has 0 saturated carbocycles. The lowest BCUT2D eigenvalue weighted by Crippen LogP contribution is -2.57. The molecule has 1 saturated heterocycles. The van der Waals surface area contributed by atoms with Crippen LogP contribution >= 0.6 is 0 Å². The molecule has 0 bridgehead atoms. The van der Waals surface area contributed by atoms with Gasteiger partial charge in [0.1, 0.15) is 5.75 Å². The molecule has 9 heteroatoms. The van der Waals surface area contributed by atoms with Crippen LogP contribution in [-0.4, -0.2) is 70.6 Å². The molecule has 1 amide bonds. The van der Waals surface area contributed by atoms with Crippen LogP contribution in [0.2, 0.25) is 33.2 Å². The van der Waals surface area contributed by atoms with Gasteiger partial charge >= 0.3 is 0 Å². The van der Waals surface area contributed by atoms with Crippen molar-refractivity contribution in [1.82, 2.24) is 4.90 Å². The third-order valence-corrected chi connectivity index (χ3v) is 25.8. The van der Waals surface area contributed by atoms with Crippen LogP contribution in [0.3, 0.4) is 0 Å². The average molecular weight is 854 g/mol. The van der Waals surface area contributed by atoms with Crippen LogP contribution in [0.5, 0.6) is 5.75 Å². The molecule has 336 valence electrons. The molecule has 3 rings (SSSR count). The number of likely N-dealkylation sites (tertiary alicyclic amines) is 1. The summed E-state index contributed by atoms with van der Waals surface area (Å²) < 4.78 is 26.7. The zero-order valence-electron chi connectivity index (χ0n) is 39.8. The second kappa shape index (κ2) is 25.2. The number of aliphatic hydroxyl groups excluding tert-OH is 1. The Labute approximate surface area is 364 Å². The number of hydrogen-bond acceptors (Lipinski definition) is 6. The summed E-state index contributed by atoms with van der Waals surface area (Å²) in [6.45, 7) is 29.9. The Kier molecular flexibility index (Phi) is 21.9. The van der Waals surface area contributed by atoms with E-state index in [1.165, 1.54) is 24.8 Å². The zero-order chi connectivity index (χ0) is 43.8. The van der Waals surface area contributed by atoms with Gasteiger partial charge in [-0.1, -0.05) is 170 Å². The highest BCUT2D eigenvalue weighted by Crippen LogP contribution is 2.49. The third-order valence-electron chi connectivity index (χ3n) is 13.7. The summed E-state index contributed by atoms with van der Waals surface area (Å²) in [6.07, 6.45) is 10.3. The summed E-state index contributed by atoms with van der Waals surface area (Å²) in [5.74, 6) is 0.927. The van der Waals surface area contributed by atoms with Gasteiger partial charge < -0.3 is 28.3 Å². The van der Waals surface area contributed by atoms with Gasteiger partial charge in [0.25, 0.3) is 5.91 Å². The lowest BCUT2D eigenvalue weighted by atomic mass is 10.0. The van der Waals surface area contributed by atoms with E-state index in [-0.39, 0.29) is 24.2 Å². The molecular formula is C50H87NO6Si2. The van der Waals surface area contributed by atoms with Crippen LogP contribution in [0, 0.1) is 0 Å². The first-order valence-electron chi connectivity index (χ1n) is 23.6. The normalized spacial score (nSPS) is 18.5. The maximum absolute atomic E-state index is 15.1. The Balaban J connectivity index is 1.72. The number of ether oxygens (including phenoxy) is 2. The van der Waals surface area contributed by atoms with Gasteiger partial charge in [-0.05, 0) is 82.2 Å². The van der Waals surface area contributed by atoms with E-state index in [0.717, 1.165) is 62.7 Å². The first-order valence-corrected chi connectivity index (χ1v) is 27.9. The highest BCUT2D eigenvalue weighted by atomic mass is 28.4. The number of rotatable bonds is 29. The van der Waals surface area contributed by atoms with Crippen molar-refractivity contribution in [3.63, 3.8) is 0 Å². The Hall–Kier alpha value is -2.02. The van der Waals surface area contributed by atoms with Crippen molar-refractivity contribution in [2.24, 2.45) is 0 Å². The van der Waals surface area contributed by atoms with Gasteiger partial charge in [0.05, 0.1) is 32.0 Å². The van der Waals surface area contributed by atoms with Gasteiger partial charge in [-0.15, -0.1) is 0 Å². The molecule has 1 aliphatic rings. The van der Waals surface area contributed by atoms with E-state index < -0.39 is 22.7 Å². The van der Waals surface area contributed by atoms with Crippen LogP contribution in [0.15, 0.2) is 54.6 Å². The zero-order valence-corrected chi connectivity index (χ0v) is 41.8. The van der Waals surface area contributed by atoms with Crippen LogP contribution in [0.1, 0.15) is 165 Å². The molecule has 1 aliphatic heterocycles. The Morgan fingerprint density at radius 3 is 1.63 bits per heavy atom. The predicted molar refractivity (Wildman–Crippen MR) is 252 cm³/mol. The summed E-state index contributed by atoms with van der Waals surface area (Å²) in [6, 6.07) is 18.4. The molecule has 7 nitrogen and oxygen atoms in total. The van der Waals surface area contributed by atoms with Gasteiger partial charge in [0, 0.05) is 13.2 Å². The molecule has 2 aromatic carbocycles. The fourth-order valence-corrected chi connectivity index (χ4v) is 21.8. The second-order valence-corrected chi connectivity index (χ2v) is 30.3. The highest BCUT2D eigenvalue weighted by Gasteiger charge is 2.58. The number of hydrogen-bond donors (Lipinski definition) is 1. The van der Waals surface area contributed by atoms with Crippen molar-refractivity contribution >= 4 is 22.5 Å². The molecular weight excluding hydrogens is 767 g/mol.